The van der Waals surface area contributed by atoms with Crippen molar-refractivity contribution in [3.63, 3.8) is 0 Å². The van der Waals surface area contributed by atoms with E-state index in [1.165, 1.54) is 11.3 Å². The van der Waals surface area contributed by atoms with Crippen LogP contribution in [0, 0.1) is 13.8 Å². The molecule has 22 heavy (non-hydrogen) atoms. The molecule has 120 valence electrons. The molecule has 5 nitrogen and oxygen atoms in total. The first kappa shape index (κ1) is 17.0. The number of nitrogens with one attached hydrogen (secondary N) is 1. The summed E-state index contributed by atoms with van der Waals surface area (Å²) in [6.07, 6.45) is 0. The van der Waals surface area contributed by atoms with Crippen LogP contribution >= 0.6 is 22.9 Å². The third-order valence-electron chi connectivity index (χ3n) is 3.55. The number of rotatable bonds is 6. The van der Waals surface area contributed by atoms with Gasteiger partial charge in [-0.05, 0) is 32.9 Å². The van der Waals surface area contributed by atoms with Crippen molar-refractivity contribution in [3.8, 4) is 0 Å². The Balaban J connectivity index is 2.13. The number of carbonyl (C=O) groups is 1. The molecule has 0 aliphatic rings. The Morgan fingerprint density at radius 2 is 2.23 bits per heavy atom. The second kappa shape index (κ2) is 7.26. The predicted molar refractivity (Wildman–Crippen MR) is 90.0 cm³/mol. The number of aromatic nitrogens is 2. The van der Waals surface area contributed by atoms with Gasteiger partial charge < -0.3 is 10.1 Å². The number of hydrogen-bond acceptors (Lipinski definition) is 4. The summed E-state index contributed by atoms with van der Waals surface area (Å²) in [6.45, 7) is 6.95. The maximum absolute atomic E-state index is 12.4. The average molecular weight is 342 g/mol. The fraction of sp³-hybridized carbons (Fsp3) is 0.467. The number of anilines is 1. The van der Waals surface area contributed by atoms with Crippen molar-refractivity contribution >= 4 is 34.5 Å². The second-order valence-electron chi connectivity index (χ2n) is 5.11. The van der Waals surface area contributed by atoms with Crippen molar-refractivity contribution in [1.82, 2.24) is 9.78 Å². The standard InChI is InChI=1S/C15H20ClN3O2S/c1-9(12-5-6-13(16)22-12)15(20)17-14-10(2)18-19(11(14)3)7-8-21-4/h5-6,9H,7-8H2,1-4H3,(H,17,20)/t9-/m0/s1. The van der Waals surface area contributed by atoms with Gasteiger partial charge in [0.15, 0.2) is 0 Å². The molecule has 1 atom stereocenters. The maximum Gasteiger partial charge on any atom is 0.232 e. The SMILES string of the molecule is COCCn1nc(C)c(NC(=O)[C@@H](C)c2ccc(Cl)s2)c1C. The summed E-state index contributed by atoms with van der Waals surface area (Å²) in [7, 11) is 1.65. The van der Waals surface area contributed by atoms with Gasteiger partial charge in [-0.15, -0.1) is 11.3 Å². The topological polar surface area (TPSA) is 56.1 Å². The lowest BCUT2D eigenvalue weighted by Gasteiger charge is -2.11. The highest BCUT2D eigenvalue weighted by atomic mass is 35.5. The molecule has 0 aromatic carbocycles. The maximum atomic E-state index is 12.4. The van der Waals surface area contributed by atoms with Crippen molar-refractivity contribution in [2.75, 3.05) is 19.0 Å². The van der Waals surface area contributed by atoms with E-state index in [9.17, 15) is 4.79 Å². The lowest BCUT2D eigenvalue weighted by molar-refractivity contribution is -0.117. The summed E-state index contributed by atoms with van der Waals surface area (Å²) in [5, 5.41) is 7.42. The molecule has 0 saturated carbocycles. The van der Waals surface area contributed by atoms with Crippen molar-refractivity contribution in [3.05, 3.63) is 32.7 Å². The summed E-state index contributed by atoms with van der Waals surface area (Å²) in [5.74, 6) is -0.311. The zero-order valence-corrected chi connectivity index (χ0v) is 14.7. The van der Waals surface area contributed by atoms with Crippen molar-refractivity contribution < 1.29 is 9.53 Å². The minimum Gasteiger partial charge on any atom is -0.383 e. The van der Waals surface area contributed by atoms with Crippen LogP contribution in [0.2, 0.25) is 4.34 Å². The first-order chi connectivity index (χ1) is 10.4. The van der Waals surface area contributed by atoms with Gasteiger partial charge >= 0.3 is 0 Å². The molecule has 0 unspecified atom stereocenters. The van der Waals surface area contributed by atoms with Gasteiger partial charge in [0, 0.05) is 12.0 Å². The van der Waals surface area contributed by atoms with Crippen LogP contribution in [-0.2, 0) is 16.1 Å². The van der Waals surface area contributed by atoms with Crippen molar-refractivity contribution in [2.45, 2.75) is 33.2 Å². The van der Waals surface area contributed by atoms with E-state index in [4.69, 9.17) is 16.3 Å². The number of ether oxygens (including phenoxy) is 1. The number of thiophene rings is 1. The van der Waals surface area contributed by atoms with Crippen molar-refractivity contribution in [1.29, 1.82) is 0 Å². The molecule has 2 heterocycles. The van der Waals surface area contributed by atoms with E-state index in [1.54, 1.807) is 7.11 Å². The smallest absolute Gasteiger partial charge is 0.232 e. The van der Waals surface area contributed by atoms with Crippen LogP contribution in [0.25, 0.3) is 0 Å². The lowest BCUT2D eigenvalue weighted by Crippen LogP contribution is -2.19. The normalized spacial score (nSPS) is 12.4. The molecular formula is C15H20ClN3O2S. The Morgan fingerprint density at radius 3 is 2.82 bits per heavy atom. The van der Waals surface area contributed by atoms with E-state index >= 15 is 0 Å². The summed E-state index contributed by atoms with van der Waals surface area (Å²) < 4.78 is 7.61. The lowest BCUT2D eigenvalue weighted by atomic mass is 10.1. The molecule has 0 bridgehead atoms. The quantitative estimate of drug-likeness (QED) is 0.873. The van der Waals surface area contributed by atoms with Crippen LogP contribution in [0.4, 0.5) is 5.69 Å². The van der Waals surface area contributed by atoms with Crippen molar-refractivity contribution in [2.24, 2.45) is 0 Å². The molecule has 1 amide bonds. The van der Waals surface area contributed by atoms with E-state index in [2.05, 4.69) is 10.4 Å². The molecule has 0 aliphatic carbocycles. The van der Waals surface area contributed by atoms with E-state index < -0.39 is 0 Å². The zero-order chi connectivity index (χ0) is 16.3. The number of methoxy groups -OCH3 is 1. The van der Waals surface area contributed by atoms with Crippen LogP contribution in [-0.4, -0.2) is 29.4 Å². The fourth-order valence-electron chi connectivity index (χ4n) is 2.19. The van der Waals surface area contributed by atoms with Crippen LogP contribution in [0.1, 0.15) is 29.1 Å². The highest BCUT2D eigenvalue weighted by Crippen LogP contribution is 2.29. The third kappa shape index (κ3) is 3.69. The highest BCUT2D eigenvalue weighted by Gasteiger charge is 2.20. The van der Waals surface area contributed by atoms with Gasteiger partial charge in [0.1, 0.15) is 0 Å². The van der Waals surface area contributed by atoms with E-state index in [0.717, 1.165) is 22.0 Å². The monoisotopic (exact) mass is 341 g/mol. The van der Waals surface area contributed by atoms with E-state index in [0.29, 0.717) is 17.5 Å². The second-order valence-corrected chi connectivity index (χ2v) is 6.86. The minimum atomic E-state index is -0.251. The van der Waals surface area contributed by atoms with Gasteiger partial charge in [0.25, 0.3) is 0 Å². The number of aryl methyl sites for hydroxylation is 1. The van der Waals surface area contributed by atoms with Crippen LogP contribution in [0.15, 0.2) is 12.1 Å². The first-order valence-corrected chi connectivity index (χ1v) is 8.22. The number of amides is 1. The number of halogens is 1. The first-order valence-electron chi connectivity index (χ1n) is 7.03. The molecule has 0 fully saturated rings. The van der Waals surface area contributed by atoms with E-state index in [1.807, 2.05) is 37.6 Å². The predicted octanol–water partition coefficient (Wildman–Crippen LogP) is 3.60. The average Bonchev–Trinajstić information content (AvgIpc) is 3.03. The largest absolute Gasteiger partial charge is 0.383 e. The highest BCUT2D eigenvalue weighted by molar-refractivity contribution is 7.16. The Hall–Kier alpha value is -1.37. The molecule has 2 aromatic heterocycles. The van der Waals surface area contributed by atoms with Gasteiger partial charge in [-0.3, -0.25) is 9.48 Å². The van der Waals surface area contributed by atoms with Gasteiger partial charge in [-0.25, -0.2) is 0 Å². The molecule has 0 radical (unpaired) electrons. The number of carbonyl (C=O) groups excluding carboxylic acids is 1. The van der Waals surface area contributed by atoms with Crippen LogP contribution in [0.5, 0.6) is 0 Å². The number of hydrogen-bond donors (Lipinski definition) is 1. The molecule has 2 aromatic rings. The summed E-state index contributed by atoms with van der Waals surface area (Å²) >= 11 is 7.36. The Morgan fingerprint density at radius 1 is 1.50 bits per heavy atom. The van der Waals surface area contributed by atoms with Crippen LogP contribution < -0.4 is 5.32 Å². The molecule has 7 heteroatoms. The number of nitrogens with zero attached hydrogens (tertiary/aromatic N) is 2. The van der Waals surface area contributed by atoms with Gasteiger partial charge in [-0.2, -0.15) is 5.10 Å². The van der Waals surface area contributed by atoms with Crippen LogP contribution in [0.3, 0.4) is 0 Å². The van der Waals surface area contributed by atoms with E-state index in [-0.39, 0.29) is 11.8 Å². The third-order valence-corrected chi connectivity index (χ3v) is 4.96. The molecule has 1 N–H and O–H groups in total. The summed E-state index contributed by atoms with van der Waals surface area (Å²) in [6, 6.07) is 3.70. The molecule has 0 saturated heterocycles. The molecule has 0 aliphatic heterocycles. The zero-order valence-electron chi connectivity index (χ0n) is 13.1. The Bertz CT molecular complexity index is 666. The molecular weight excluding hydrogens is 322 g/mol. The summed E-state index contributed by atoms with van der Waals surface area (Å²) in [5.41, 5.74) is 2.51. The molecule has 0 spiro atoms. The fourth-order valence-corrected chi connectivity index (χ4v) is 3.31. The summed E-state index contributed by atoms with van der Waals surface area (Å²) in [4.78, 5) is 13.4. The van der Waals surface area contributed by atoms with Gasteiger partial charge in [0.2, 0.25) is 5.91 Å². The van der Waals surface area contributed by atoms with Gasteiger partial charge in [0.05, 0.1) is 40.5 Å². The van der Waals surface area contributed by atoms with Gasteiger partial charge in [-0.1, -0.05) is 11.6 Å². The minimum absolute atomic E-state index is 0.0593. The Kier molecular flexibility index (Phi) is 5.61. The Labute approximate surface area is 139 Å². The molecule has 2 rings (SSSR count).